The maximum atomic E-state index is 5.79. The van der Waals surface area contributed by atoms with Gasteiger partial charge in [0.25, 0.3) is 0 Å². The largest absolute Gasteiger partial charge is 0.379 e. The molecule has 4 nitrogen and oxygen atoms in total. The lowest BCUT2D eigenvalue weighted by molar-refractivity contribution is -0.0390. The Morgan fingerprint density at radius 2 is 2.18 bits per heavy atom. The zero-order valence-corrected chi connectivity index (χ0v) is 11.4. The molecule has 1 saturated heterocycles. The fourth-order valence-electron chi connectivity index (χ4n) is 2.02. The minimum absolute atomic E-state index is 0.162. The summed E-state index contributed by atoms with van der Waals surface area (Å²) in [6, 6.07) is 0. The summed E-state index contributed by atoms with van der Waals surface area (Å²) < 4.78 is 16.7. The van der Waals surface area contributed by atoms with E-state index in [1.807, 2.05) is 13.8 Å². The monoisotopic (exact) mass is 245 g/mol. The second-order valence-electron chi connectivity index (χ2n) is 4.71. The first-order chi connectivity index (χ1) is 8.22. The van der Waals surface area contributed by atoms with Crippen LogP contribution in [0.2, 0.25) is 0 Å². The molecule has 0 bridgehead atoms. The number of hydrogen-bond donors (Lipinski definition) is 1. The van der Waals surface area contributed by atoms with Crippen molar-refractivity contribution in [2.75, 3.05) is 32.9 Å². The molecule has 17 heavy (non-hydrogen) atoms. The molecule has 1 heterocycles. The van der Waals surface area contributed by atoms with Crippen LogP contribution >= 0.6 is 0 Å². The standard InChI is InChI=1S/C13H27NO3/c1-4-15-10-12(3)17-11(2)8-14-9-13-6-5-7-16-13/h11-14H,4-10H2,1-3H3. The van der Waals surface area contributed by atoms with Crippen LogP contribution in [0.1, 0.15) is 33.6 Å². The van der Waals surface area contributed by atoms with Crippen molar-refractivity contribution in [3.05, 3.63) is 0 Å². The molecule has 0 saturated carbocycles. The van der Waals surface area contributed by atoms with Crippen molar-refractivity contribution in [2.45, 2.75) is 51.9 Å². The van der Waals surface area contributed by atoms with E-state index in [4.69, 9.17) is 14.2 Å². The lowest BCUT2D eigenvalue weighted by atomic mass is 10.2. The molecule has 4 heteroatoms. The molecule has 0 spiro atoms. The van der Waals surface area contributed by atoms with E-state index in [2.05, 4.69) is 12.2 Å². The van der Waals surface area contributed by atoms with Crippen LogP contribution in [0.5, 0.6) is 0 Å². The van der Waals surface area contributed by atoms with Gasteiger partial charge in [-0.2, -0.15) is 0 Å². The SMILES string of the molecule is CCOCC(C)OC(C)CNCC1CCCO1. The van der Waals surface area contributed by atoms with Crippen molar-refractivity contribution in [2.24, 2.45) is 0 Å². The fourth-order valence-corrected chi connectivity index (χ4v) is 2.02. The highest BCUT2D eigenvalue weighted by molar-refractivity contribution is 4.68. The molecule has 1 rings (SSSR count). The molecule has 0 radical (unpaired) electrons. The fraction of sp³-hybridized carbons (Fsp3) is 1.00. The zero-order chi connectivity index (χ0) is 12.5. The van der Waals surface area contributed by atoms with Crippen molar-refractivity contribution < 1.29 is 14.2 Å². The van der Waals surface area contributed by atoms with Gasteiger partial charge in [0.1, 0.15) is 0 Å². The Balaban J connectivity index is 1.97. The van der Waals surface area contributed by atoms with Gasteiger partial charge in [0.05, 0.1) is 24.9 Å². The molecular formula is C13H27NO3. The summed E-state index contributed by atoms with van der Waals surface area (Å²) in [5.74, 6) is 0. The van der Waals surface area contributed by atoms with E-state index in [1.165, 1.54) is 12.8 Å². The van der Waals surface area contributed by atoms with Crippen molar-refractivity contribution in [3.63, 3.8) is 0 Å². The zero-order valence-electron chi connectivity index (χ0n) is 11.4. The predicted octanol–water partition coefficient (Wildman–Crippen LogP) is 1.59. The Hall–Kier alpha value is -0.160. The van der Waals surface area contributed by atoms with Crippen LogP contribution in [0, 0.1) is 0 Å². The Morgan fingerprint density at radius 3 is 2.82 bits per heavy atom. The third kappa shape index (κ3) is 6.99. The Morgan fingerprint density at radius 1 is 1.35 bits per heavy atom. The van der Waals surface area contributed by atoms with Crippen LogP contribution in [-0.2, 0) is 14.2 Å². The molecular weight excluding hydrogens is 218 g/mol. The van der Waals surface area contributed by atoms with E-state index in [9.17, 15) is 0 Å². The maximum Gasteiger partial charge on any atom is 0.0784 e. The van der Waals surface area contributed by atoms with E-state index in [0.717, 1.165) is 26.3 Å². The first-order valence-corrected chi connectivity index (χ1v) is 6.78. The summed E-state index contributed by atoms with van der Waals surface area (Å²) in [5.41, 5.74) is 0. The van der Waals surface area contributed by atoms with E-state index in [-0.39, 0.29) is 12.2 Å². The first kappa shape index (κ1) is 14.9. The summed E-state index contributed by atoms with van der Waals surface area (Å²) in [4.78, 5) is 0. The van der Waals surface area contributed by atoms with Crippen LogP contribution in [-0.4, -0.2) is 51.2 Å². The van der Waals surface area contributed by atoms with Crippen molar-refractivity contribution in [3.8, 4) is 0 Å². The Kier molecular flexibility index (Phi) is 7.77. The molecule has 0 aliphatic carbocycles. The molecule has 0 aromatic heterocycles. The van der Waals surface area contributed by atoms with Gasteiger partial charge >= 0.3 is 0 Å². The smallest absolute Gasteiger partial charge is 0.0784 e. The van der Waals surface area contributed by atoms with E-state index in [1.54, 1.807) is 0 Å². The normalized spacial score (nSPS) is 23.8. The van der Waals surface area contributed by atoms with Gasteiger partial charge in [0, 0.05) is 26.3 Å². The third-order valence-electron chi connectivity index (χ3n) is 2.85. The van der Waals surface area contributed by atoms with Crippen LogP contribution in [0.15, 0.2) is 0 Å². The summed E-state index contributed by atoms with van der Waals surface area (Å²) in [5, 5.41) is 3.40. The first-order valence-electron chi connectivity index (χ1n) is 6.78. The van der Waals surface area contributed by atoms with Crippen molar-refractivity contribution in [1.82, 2.24) is 5.32 Å². The van der Waals surface area contributed by atoms with Gasteiger partial charge < -0.3 is 19.5 Å². The van der Waals surface area contributed by atoms with Crippen LogP contribution in [0.3, 0.4) is 0 Å². The topological polar surface area (TPSA) is 39.7 Å². The maximum absolute atomic E-state index is 5.79. The third-order valence-corrected chi connectivity index (χ3v) is 2.85. The lowest BCUT2D eigenvalue weighted by Gasteiger charge is -2.20. The summed E-state index contributed by atoms with van der Waals surface area (Å²) in [7, 11) is 0. The molecule has 1 aliphatic heterocycles. The quantitative estimate of drug-likeness (QED) is 0.669. The number of rotatable bonds is 9. The highest BCUT2D eigenvalue weighted by Gasteiger charge is 2.15. The average molecular weight is 245 g/mol. The van der Waals surface area contributed by atoms with Gasteiger partial charge in [0.15, 0.2) is 0 Å². The van der Waals surface area contributed by atoms with Gasteiger partial charge in [0.2, 0.25) is 0 Å². The minimum atomic E-state index is 0.162. The summed E-state index contributed by atoms with van der Waals surface area (Å²) in [6.45, 7) is 10.3. The molecule has 3 atom stereocenters. The van der Waals surface area contributed by atoms with Crippen molar-refractivity contribution >= 4 is 0 Å². The van der Waals surface area contributed by atoms with Crippen LogP contribution in [0.25, 0.3) is 0 Å². The highest BCUT2D eigenvalue weighted by Crippen LogP contribution is 2.10. The summed E-state index contributed by atoms with van der Waals surface area (Å²) >= 11 is 0. The van der Waals surface area contributed by atoms with Gasteiger partial charge in [-0.3, -0.25) is 0 Å². The van der Waals surface area contributed by atoms with E-state index >= 15 is 0 Å². The van der Waals surface area contributed by atoms with Gasteiger partial charge in [-0.25, -0.2) is 0 Å². The average Bonchev–Trinajstić information content (AvgIpc) is 2.79. The van der Waals surface area contributed by atoms with E-state index in [0.29, 0.717) is 12.7 Å². The summed E-state index contributed by atoms with van der Waals surface area (Å²) in [6.07, 6.45) is 3.16. The van der Waals surface area contributed by atoms with Crippen LogP contribution in [0.4, 0.5) is 0 Å². The highest BCUT2D eigenvalue weighted by atomic mass is 16.5. The molecule has 0 amide bonds. The van der Waals surface area contributed by atoms with Crippen molar-refractivity contribution in [1.29, 1.82) is 0 Å². The molecule has 1 fully saturated rings. The lowest BCUT2D eigenvalue weighted by Crippen LogP contribution is -2.35. The number of ether oxygens (including phenoxy) is 3. The second-order valence-corrected chi connectivity index (χ2v) is 4.71. The van der Waals surface area contributed by atoms with Crippen LogP contribution < -0.4 is 5.32 Å². The Bertz CT molecular complexity index is 184. The predicted molar refractivity (Wildman–Crippen MR) is 68.3 cm³/mol. The molecule has 1 N–H and O–H groups in total. The van der Waals surface area contributed by atoms with Gasteiger partial charge in [-0.1, -0.05) is 0 Å². The van der Waals surface area contributed by atoms with Gasteiger partial charge in [-0.05, 0) is 33.6 Å². The Labute approximate surface area is 105 Å². The van der Waals surface area contributed by atoms with E-state index < -0.39 is 0 Å². The molecule has 1 aliphatic rings. The number of hydrogen-bond acceptors (Lipinski definition) is 4. The second kappa shape index (κ2) is 8.86. The molecule has 0 aromatic carbocycles. The molecule has 3 unspecified atom stereocenters. The molecule has 102 valence electrons. The van der Waals surface area contributed by atoms with Gasteiger partial charge in [-0.15, -0.1) is 0 Å². The number of nitrogens with one attached hydrogen (secondary N) is 1. The molecule has 0 aromatic rings. The minimum Gasteiger partial charge on any atom is -0.379 e.